The first-order valence-corrected chi connectivity index (χ1v) is 9.31. The van der Waals surface area contributed by atoms with Crippen LogP contribution in [-0.2, 0) is 0 Å². The molecule has 0 bridgehead atoms. The third-order valence-electron chi connectivity index (χ3n) is 2.59. The molecule has 0 spiro atoms. The zero-order valence-corrected chi connectivity index (χ0v) is 11.5. The molecular weight excluding hydrogens is 275 g/mol. The number of ketones is 1. The van der Waals surface area contributed by atoms with Crippen LogP contribution < -0.4 is 4.46 Å². The first kappa shape index (κ1) is 12.1. The Morgan fingerprint density at radius 1 is 0.941 bits per heavy atom. The van der Waals surface area contributed by atoms with Gasteiger partial charge in [-0.1, -0.05) is 0 Å². The van der Waals surface area contributed by atoms with Crippen LogP contribution in [0.2, 0.25) is 11.1 Å². The molecule has 87 valence electrons. The minimum atomic E-state index is -0.997. The van der Waals surface area contributed by atoms with Gasteiger partial charge in [-0.05, 0) is 0 Å². The van der Waals surface area contributed by atoms with E-state index in [1.54, 1.807) is 0 Å². The molecule has 2 aromatic rings. The van der Waals surface area contributed by atoms with Crippen molar-refractivity contribution in [1.29, 1.82) is 0 Å². The monoisotopic (exact) mass is 291 g/mol. The van der Waals surface area contributed by atoms with E-state index in [4.69, 9.17) is 0 Å². The molecule has 0 saturated heterocycles. The van der Waals surface area contributed by atoms with E-state index in [1.165, 1.54) is 4.46 Å². The Morgan fingerprint density at radius 3 is 2.06 bits per heavy atom. The van der Waals surface area contributed by atoms with E-state index in [2.05, 4.69) is 18.0 Å². The molecule has 0 aliphatic heterocycles. The summed E-state index contributed by atoms with van der Waals surface area (Å²) in [6.45, 7) is 0. The van der Waals surface area contributed by atoms with Gasteiger partial charge in [-0.15, -0.1) is 0 Å². The van der Waals surface area contributed by atoms with Crippen LogP contribution in [0, 0.1) is 0 Å². The van der Waals surface area contributed by atoms with Crippen LogP contribution >= 0.6 is 0 Å². The number of rotatable bonds is 4. The van der Waals surface area contributed by atoms with E-state index in [-0.39, 0.29) is 5.78 Å². The Labute approximate surface area is 106 Å². The standard InChI is InChI=1S/C15H15OSe/c1-17(14-10-6-3-7-11-14)12-15(16)13-8-4-2-5-9-13/h2-11H,12H2,1H3. The Hall–Kier alpha value is -1.37. The number of carbonyl (C=O) groups excluding carboxylic acids is 1. The van der Waals surface area contributed by atoms with Crippen LogP contribution in [0.25, 0.3) is 0 Å². The molecule has 0 aromatic heterocycles. The Bertz CT molecular complexity index is 479. The van der Waals surface area contributed by atoms with Crippen LogP contribution in [-0.4, -0.2) is 19.7 Å². The SMILES string of the molecule is C[Se](CC(=O)c1ccccc1)c1ccccc1. The predicted octanol–water partition coefficient (Wildman–Crippen LogP) is 2.90. The molecule has 0 fully saturated rings. The second kappa shape index (κ2) is 5.81. The molecule has 2 aromatic carbocycles. The quantitative estimate of drug-likeness (QED) is 0.625. The van der Waals surface area contributed by atoms with Crippen molar-refractivity contribution in [2.24, 2.45) is 0 Å². The molecule has 0 N–H and O–H groups in total. The second-order valence-corrected chi connectivity index (χ2v) is 8.15. The van der Waals surface area contributed by atoms with E-state index < -0.39 is 13.9 Å². The van der Waals surface area contributed by atoms with Gasteiger partial charge in [-0.3, -0.25) is 0 Å². The number of hydrogen-bond acceptors (Lipinski definition) is 1. The average Bonchev–Trinajstić information content (AvgIpc) is 2.40. The zero-order valence-electron chi connectivity index (χ0n) is 9.80. The fourth-order valence-electron chi connectivity index (χ4n) is 1.64. The summed E-state index contributed by atoms with van der Waals surface area (Å²) in [5.41, 5.74) is 0.832. The van der Waals surface area contributed by atoms with Crippen LogP contribution in [0.1, 0.15) is 10.4 Å². The molecule has 17 heavy (non-hydrogen) atoms. The van der Waals surface area contributed by atoms with Gasteiger partial charge in [0.25, 0.3) is 0 Å². The summed E-state index contributed by atoms with van der Waals surface area (Å²) in [5, 5.41) is 0.689. The molecular formula is C15H15OSe. The normalized spacial score (nSPS) is 10.5. The summed E-state index contributed by atoms with van der Waals surface area (Å²) in [6, 6.07) is 19.9. The Balaban J connectivity index is 2.05. The third kappa shape index (κ3) is 3.29. The average molecular weight is 290 g/mol. The van der Waals surface area contributed by atoms with Crippen molar-refractivity contribution in [3.8, 4) is 0 Å². The van der Waals surface area contributed by atoms with Crippen molar-refractivity contribution in [2.75, 3.05) is 0 Å². The number of benzene rings is 2. The van der Waals surface area contributed by atoms with Gasteiger partial charge < -0.3 is 0 Å². The molecule has 2 rings (SSSR count). The number of hydrogen-bond donors (Lipinski definition) is 0. The summed E-state index contributed by atoms with van der Waals surface area (Å²) < 4.78 is 1.34. The molecule has 0 saturated carbocycles. The first-order chi connectivity index (χ1) is 8.27. The van der Waals surface area contributed by atoms with E-state index in [0.29, 0.717) is 5.32 Å². The summed E-state index contributed by atoms with van der Waals surface area (Å²) >= 11 is -0.997. The summed E-state index contributed by atoms with van der Waals surface area (Å²) in [5.74, 6) is 2.48. The van der Waals surface area contributed by atoms with E-state index >= 15 is 0 Å². The van der Waals surface area contributed by atoms with Crippen molar-refractivity contribution in [3.63, 3.8) is 0 Å². The predicted molar refractivity (Wildman–Crippen MR) is 73.3 cm³/mol. The third-order valence-corrected chi connectivity index (χ3v) is 6.31. The van der Waals surface area contributed by atoms with Gasteiger partial charge in [0.2, 0.25) is 0 Å². The number of carbonyl (C=O) groups is 1. The van der Waals surface area contributed by atoms with Crippen molar-refractivity contribution in [3.05, 3.63) is 66.2 Å². The first-order valence-electron chi connectivity index (χ1n) is 5.53. The van der Waals surface area contributed by atoms with E-state index in [0.717, 1.165) is 5.56 Å². The molecule has 1 radical (unpaired) electrons. The van der Waals surface area contributed by atoms with Crippen LogP contribution in [0.5, 0.6) is 0 Å². The molecule has 1 nitrogen and oxygen atoms in total. The van der Waals surface area contributed by atoms with Gasteiger partial charge in [0, 0.05) is 0 Å². The fraction of sp³-hybridized carbons (Fsp3) is 0.133. The fourth-order valence-corrected chi connectivity index (χ4v) is 4.47. The van der Waals surface area contributed by atoms with Gasteiger partial charge in [0.15, 0.2) is 0 Å². The van der Waals surface area contributed by atoms with Crippen molar-refractivity contribution in [1.82, 2.24) is 0 Å². The number of Topliss-reactive ketones (excluding diaryl/α,β-unsaturated/α-hetero) is 1. The van der Waals surface area contributed by atoms with Crippen LogP contribution in [0.15, 0.2) is 60.7 Å². The molecule has 0 aliphatic rings. The molecule has 2 heteroatoms. The van der Waals surface area contributed by atoms with Gasteiger partial charge in [-0.25, -0.2) is 0 Å². The summed E-state index contributed by atoms with van der Waals surface area (Å²) in [7, 11) is 0. The van der Waals surface area contributed by atoms with Crippen LogP contribution in [0.4, 0.5) is 0 Å². The molecule has 0 aliphatic carbocycles. The zero-order chi connectivity index (χ0) is 12.1. The van der Waals surface area contributed by atoms with Crippen molar-refractivity contribution >= 4 is 24.1 Å². The molecule has 0 heterocycles. The van der Waals surface area contributed by atoms with Gasteiger partial charge in [0.1, 0.15) is 0 Å². The van der Waals surface area contributed by atoms with Crippen molar-refractivity contribution in [2.45, 2.75) is 11.1 Å². The Kier molecular flexibility index (Phi) is 4.13. The molecule has 0 unspecified atom stereocenters. The molecule has 0 amide bonds. The van der Waals surface area contributed by atoms with Crippen LogP contribution in [0.3, 0.4) is 0 Å². The maximum atomic E-state index is 12.1. The van der Waals surface area contributed by atoms with Gasteiger partial charge >= 0.3 is 106 Å². The summed E-state index contributed by atoms with van der Waals surface area (Å²) in [6.07, 6.45) is 0. The van der Waals surface area contributed by atoms with E-state index in [9.17, 15) is 4.79 Å². The van der Waals surface area contributed by atoms with Crippen molar-refractivity contribution < 1.29 is 4.79 Å². The second-order valence-electron chi connectivity index (χ2n) is 3.88. The topological polar surface area (TPSA) is 17.1 Å². The van der Waals surface area contributed by atoms with E-state index in [1.807, 2.05) is 48.5 Å². The minimum absolute atomic E-state index is 0.266. The molecule has 0 atom stereocenters. The summed E-state index contributed by atoms with van der Waals surface area (Å²) in [4.78, 5) is 12.1. The van der Waals surface area contributed by atoms with Gasteiger partial charge in [0.05, 0.1) is 0 Å². The maximum absolute atomic E-state index is 12.1. The Morgan fingerprint density at radius 2 is 1.47 bits per heavy atom. The van der Waals surface area contributed by atoms with Gasteiger partial charge in [-0.2, -0.15) is 0 Å².